The predicted molar refractivity (Wildman–Crippen MR) is 165 cm³/mol. The number of carbonyl (C=O) groups excluding carboxylic acids is 1. The first-order chi connectivity index (χ1) is 21.1. The molecule has 0 unspecified atom stereocenters. The number of methoxy groups -OCH3 is 2. The molecule has 5 heterocycles. The Kier molecular flexibility index (Phi) is 7.45. The molecule has 1 saturated heterocycles. The number of imidazole rings is 1. The highest BCUT2D eigenvalue weighted by Gasteiger charge is 2.19. The average molecular weight is 616 g/mol. The van der Waals surface area contributed by atoms with Crippen molar-refractivity contribution in [3.63, 3.8) is 0 Å². The fraction of sp³-hybridized carbons (Fsp3) is 0.290. The van der Waals surface area contributed by atoms with Gasteiger partial charge in [0.2, 0.25) is 4.96 Å². The fourth-order valence-electron chi connectivity index (χ4n) is 5.20. The van der Waals surface area contributed by atoms with Crippen LogP contribution in [0.25, 0.3) is 38.0 Å². The topological polar surface area (TPSA) is 104 Å². The van der Waals surface area contributed by atoms with Gasteiger partial charge in [-0.05, 0) is 42.4 Å². The summed E-state index contributed by atoms with van der Waals surface area (Å²) in [6, 6.07) is 13.3. The largest absolute Gasteiger partial charge is 0.496 e. The van der Waals surface area contributed by atoms with Crippen LogP contribution in [0.15, 0.2) is 58.5 Å². The average Bonchev–Trinajstić information content (AvgIpc) is 3.80. The Labute approximate surface area is 255 Å². The summed E-state index contributed by atoms with van der Waals surface area (Å²) >= 11 is 2.90. The van der Waals surface area contributed by atoms with E-state index in [1.165, 1.54) is 24.2 Å². The zero-order valence-corrected chi connectivity index (χ0v) is 25.4. The minimum Gasteiger partial charge on any atom is -0.496 e. The number of thiazole rings is 1. The van der Waals surface area contributed by atoms with Crippen LogP contribution in [0.1, 0.15) is 41.7 Å². The maximum atomic E-state index is 13.0. The maximum Gasteiger partial charge on any atom is 0.294 e. The molecule has 1 aliphatic rings. The Hall–Kier alpha value is -4.42. The van der Waals surface area contributed by atoms with E-state index < -0.39 is 0 Å². The highest BCUT2D eigenvalue weighted by molar-refractivity contribution is 7.18. The number of hydrogen-bond acceptors (Lipinski definition) is 10. The number of carbonyl (C=O) groups is 1. The van der Waals surface area contributed by atoms with Gasteiger partial charge in [-0.2, -0.15) is 0 Å². The van der Waals surface area contributed by atoms with Crippen molar-refractivity contribution >= 4 is 44.5 Å². The van der Waals surface area contributed by atoms with E-state index in [1.54, 1.807) is 36.3 Å². The quantitative estimate of drug-likeness (QED) is 0.181. The van der Waals surface area contributed by atoms with Gasteiger partial charge in [-0.15, -0.1) is 16.4 Å². The van der Waals surface area contributed by atoms with E-state index in [0.29, 0.717) is 38.7 Å². The number of furan rings is 1. The highest BCUT2D eigenvalue weighted by atomic mass is 32.1. The Morgan fingerprint density at radius 1 is 1.00 bits per heavy atom. The lowest BCUT2D eigenvalue weighted by Gasteiger charge is -2.20. The number of aromatic nitrogens is 4. The van der Waals surface area contributed by atoms with Gasteiger partial charge < -0.3 is 23.5 Å². The molecule has 220 valence electrons. The lowest BCUT2D eigenvalue weighted by Crippen LogP contribution is -2.31. The summed E-state index contributed by atoms with van der Waals surface area (Å²) in [4.78, 5) is 25.1. The van der Waals surface area contributed by atoms with Crippen LogP contribution >= 0.6 is 22.7 Å². The minimum atomic E-state index is 0.110. The van der Waals surface area contributed by atoms with E-state index in [9.17, 15) is 4.79 Å². The molecule has 0 spiro atoms. The first kappa shape index (κ1) is 27.4. The summed E-state index contributed by atoms with van der Waals surface area (Å²) < 4.78 is 24.8. The van der Waals surface area contributed by atoms with E-state index in [-0.39, 0.29) is 12.5 Å². The van der Waals surface area contributed by atoms with Crippen molar-refractivity contribution in [1.82, 2.24) is 24.5 Å². The maximum absolute atomic E-state index is 13.0. The highest BCUT2D eigenvalue weighted by Crippen LogP contribution is 2.38. The monoisotopic (exact) mass is 615 g/mol. The summed E-state index contributed by atoms with van der Waals surface area (Å²) in [5, 5.41) is 8.55. The summed E-state index contributed by atoms with van der Waals surface area (Å²) in [6.07, 6.45) is 6.35. The van der Waals surface area contributed by atoms with Gasteiger partial charge in [0.15, 0.2) is 5.76 Å². The number of hydrogen-bond donors (Lipinski definition) is 0. The van der Waals surface area contributed by atoms with Crippen LogP contribution < -0.4 is 14.2 Å². The van der Waals surface area contributed by atoms with Gasteiger partial charge in [-0.3, -0.25) is 4.79 Å². The molecule has 12 heteroatoms. The molecule has 0 saturated carbocycles. The Bertz CT molecular complexity index is 1870. The van der Waals surface area contributed by atoms with Crippen molar-refractivity contribution in [3.05, 3.63) is 65.3 Å². The Morgan fingerprint density at radius 2 is 1.81 bits per heavy atom. The summed E-state index contributed by atoms with van der Waals surface area (Å²) in [5.74, 6) is 1.95. The molecule has 1 amide bonds. The number of rotatable bonds is 8. The molecule has 0 aliphatic carbocycles. The van der Waals surface area contributed by atoms with Crippen LogP contribution in [0.4, 0.5) is 0 Å². The number of nitrogens with zero attached hydrogens (tertiary/aromatic N) is 5. The molecule has 7 rings (SSSR count). The van der Waals surface area contributed by atoms with Crippen molar-refractivity contribution in [2.24, 2.45) is 0 Å². The van der Waals surface area contributed by atoms with E-state index >= 15 is 0 Å². The van der Waals surface area contributed by atoms with Gasteiger partial charge in [0.25, 0.3) is 11.1 Å². The molecule has 4 aromatic heterocycles. The number of likely N-dealkylation sites (tertiary alicyclic amines) is 1. The fourth-order valence-corrected chi connectivity index (χ4v) is 6.71. The van der Waals surface area contributed by atoms with Crippen molar-refractivity contribution in [1.29, 1.82) is 0 Å². The third kappa shape index (κ3) is 5.55. The zero-order valence-electron chi connectivity index (χ0n) is 23.7. The summed E-state index contributed by atoms with van der Waals surface area (Å²) in [7, 11) is 3.19. The SMILES string of the molecule is COc1cc(OCc2csc(-c3ccc(C(=O)N4CCCCCC4)cc3)n2)c2cc(-c3cn4nc(OC)sc4n3)oc2c1. The Balaban J connectivity index is 1.07. The van der Waals surface area contributed by atoms with Crippen molar-refractivity contribution in [2.45, 2.75) is 32.3 Å². The van der Waals surface area contributed by atoms with Gasteiger partial charge in [0.05, 0.1) is 31.5 Å². The number of benzene rings is 2. The lowest BCUT2D eigenvalue weighted by molar-refractivity contribution is 0.0761. The molecule has 1 fully saturated rings. The molecular formula is C31H29N5O5S2. The van der Waals surface area contributed by atoms with E-state index in [4.69, 9.17) is 23.6 Å². The van der Waals surface area contributed by atoms with Crippen LogP contribution in [-0.4, -0.2) is 57.7 Å². The molecule has 1 aliphatic heterocycles. The molecular weight excluding hydrogens is 587 g/mol. The molecule has 2 aromatic carbocycles. The van der Waals surface area contributed by atoms with Crippen LogP contribution in [0.5, 0.6) is 16.7 Å². The first-order valence-electron chi connectivity index (χ1n) is 14.1. The van der Waals surface area contributed by atoms with E-state index in [0.717, 1.165) is 53.1 Å². The van der Waals surface area contributed by atoms with E-state index in [1.807, 2.05) is 52.7 Å². The summed E-state index contributed by atoms with van der Waals surface area (Å²) in [5.41, 5.74) is 3.78. The number of fused-ring (bicyclic) bond motifs is 2. The molecule has 6 aromatic rings. The molecule has 0 bridgehead atoms. The van der Waals surface area contributed by atoms with Crippen molar-refractivity contribution in [2.75, 3.05) is 27.3 Å². The van der Waals surface area contributed by atoms with Gasteiger partial charge in [0, 0.05) is 41.7 Å². The molecule has 43 heavy (non-hydrogen) atoms. The predicted octanol–water partition coefficient (Wildman–Crippen LogP) is 6.94. The minimum absolute atomic E-state index is 0.110. The van der Waals surface area contributed by atoms with Crippen LogP contribution in [-0.2, 0) is 6.61 Å². The van der Waals surface area contributed by atoms with Crippen molar-refractivity contribution in [3.8, 4) is 38.7 Å². The smallest absolute Gasteiger partial charge is 0.294 e. The van der Waals surface area contributed by atoms with Gasteiger partial charge in [0.1, 0.15) is 34.4 Å². The van der Waals surface area contributed by atoms with Gasteiger partial charge in [-0.25, -0.2) is 14.5 Å². The summed E-state index contributed by atoms with van der Waals surface area (Å²) in [6.45, 7) is 1.95. The molecule has 0 radical (unpaired) electrons. The Morgan fingerprint density at radius 3 is 2.56 bits per heavy atom. The van der Waals surface area contributed by atoms with Gasteiger partial charge in [-0.1, -0.05) is 25.0 Å². The van der Waals surface area contributed by atoms with Crippen LogP contribution in [0.3, 0.4) is 0 Å². The lowest BCUT2D eigenvalue weighted by atomic mass is 10.1. The molecule has 0 atom stereocenters. The first-order valence-corrected chi connectivity index (χ1v) is 15.8. The zero-order chi connectivity index (χ0) is 29.3. The van der Waals surface area contributed by atoms with Gasteiger partial charge >= 0.3 is 0 Å². The number of amides is 1. The second kappa shape index (κ2) is 11.7. The second-order valence-electron chi connectivity index (χ2n) is 10.3. The molecule has 10 nitrogen and oxygen atoms in total. The van der Waals surface area contributed by atoms with Crippen LogP contribution in [0, 0.1) is 0 Å². The molecule has 0 N–H and O–H groups in total. The normalized spacial score (nSPS) is 13.9. The standard InChI is InChI=1S/C31H29N5O5S2/c1-38-22-13-25(23-15-27(41-26(23)14-22)24-16-36-30(33-24)43-31(34-36)39-2)40-17-21-18-42-28(32-21)19-7-9-20(10-8-19)29(37)35-11-5-3-4-6-12-35/h7-10,13-16,18H,3-6,11-12,17H2,1-2H3. The number of ether oxygens (including phenoxy) is 3. The third-order valence-corrected chi connectivity index (χ3v) is 9.28. The second-order valence-corrected chi connectivity index (χ2v) is 12.1. The van der Waals surface area contributed by atoms with Crippen LogP contribution in [0.2, 0.25) is 0 Å². The third-order valence-electron chi connectivity index (χ3n) is 7.46. The van der Waals surface area contributed by atoms with Crippen molar-refractivity contribution < 1.29 is 23.4 Å². The van der Waals surface area contributed by atoms with E-state index in [2.05, 4.69) is 10.1 Å².